The molecule has 3 rings (SSSR count). The summed E-state index contributed by atoms with van der Waals surface area (Å²) in [6, 6.07) is 12.7. The summed E-state index contributed by atoms with van der Waals surface area (Å²) in [7, 11) is -3.56. The average molecular weight is 487 g/mol. The van der Waals surface area contributed by atoms with Gasteiger partial charge in [0, 0.05) is 12.2 Å². The van der Waals surface area contributed by atoms with Crippen molar-refractivity contribution >= 4 is 33.2 Å². The van der Waals surface area contributed by atoms with Gasteiger partial charge < -0.3 is 9.88 Å². The maximum Gasteiger partial charge on any atom is 0.237 e. The van der Waals surface area contributed by atoms with Crippen molar-refractivity contribution in [3.05, 3.63) is 65.0 Å². The maximum absolute atomic E-state index is 12.9. The Morgan fingerprint density at radius 2 is 1.64 bits per heavy atom. The van der Waals surface area contributed by atoms with Crippen LogP contribution in [0.25, 0.3) is 0 Å². The highest BCUT2D eigenvalue weighted by molar-refractivity contribution is 8.00. The summed E-state index contributed by atoms with van der Waals surface area (Å²) in [5.41, 5.74) is 3.92. The van der Waals surface area contributed by atoms with Crippen molar-refractivity contribution in [2.45, 2.75) is 68.6 Å². The van der Waals surface area contributed by atoms with E-state index in [1.807, 2.05) is 46.8 Å². The number of thioether (sulfide) groups is 1. The molecule has 2 aromatic carbocycles. The fourth-order valence-electron chi connectivity index (χ4n) is 3.55. The van der Waals surface area contributed by atoms with Gasteiger partial charge in [-0.05, 0) is 69.5 Å². The first-order valence-corrected chi connectivity index (χ1v) is 13.4. The number of hydrogen-bond acceptors (Lipinski definition) is 6. The zero-order valence-electron chi connectivity index (χ0n) is 19.6. The van der Waals surface area contributed by atoms with Crippen molar-refractivity contribution in [2.75, 3.05) is 5.32 Å². The van der Waals surface area contributed by atoms with Crippen molar-refractivity contribution in [2.24, 2.45) is 0 Å². The number of amides is 1. The van der Waals surface area contributed by atoms with Gasteiger partial charge in [-0.3, -0.25) is 4.79 Å². The molecule has 1 unspecified atom stereocenters. The molecule has 7 nitrogen and oxygen atoms in total. The summed E-state index contributed by atoms with van der Waals surface area (Å²) in [5.74, 6) is 0.000332. The monoisotopic (exact) mass is 486 g/mol. The lowest BCUT2D eigenvalue weighted by Crippen LogP contribution is -2.25. The van der Waals surface area contributed by atoms with E-state index in [0.29, 0.717) is 23.9 Å². The van der Waals surface area contributed by atoms with Crippen molar-refractivity contribution in [1.82, 2.24) is 14.8 Å². The molecule has 0 aliphatic rings. The Morgan fingerprint density at radius 1 is 1.00 bits per heavy atom. The van der Waals surface area contributed by atoms with E-state index in [1.165, 1.54) is 11.8 Å². The molecule has 0 radical (unpaired) electrons. The third-order valence-corrected chi connectivity index (χ3v) is 8.18. The van der Waals surface area contributed by atoms with E-state index in [9.17, 15) is 13.2 Å². The third-order valence-electron chi connectivity index (χ3n) is 5.21. The molecule has 1 N–H and O–H groups in total. The zero-order chi connectivity index (χ0) is 24.2. The van der Waals surface area contributed by atoms with Gasteiger partial charge in [0.25, 0.3) is 0 Å². The van der Waals surface area contributed by atoms with Crippen LogP contribution in [0.2, 0.25) is 0 Å². The second-order valence-electron chi connectivity index (χ2n) is 8.10. The molecule has 0 fully saturated rings. The SMILES string of the molecule is CCC(Sc1nnc(CS(=O)(=O)c2ccc(C)cc2)n1CC)C(=O)Nc1cc(C)cc(C)c1. The number of anilines is 1. The fraction of sp³-hybridized carbons (Fsp3) is 0.375. The second kappa shape index (κ2) is 10.5. The van der Waals surface area contributed by atoms with E-state index >= 15 is 0 Å². The van der Waals surface area contributed by atoms with Crippen LogP contribution in [0, 0.1) is 20.8 Å². The Labute approximate surface area is 199 Å². The molecule has 0 spiro atoms. The molecule has 0 saturated heterocycles. The van der Waals surface area contributed by atoms with Crippen LogP contribution in [0.3, 0.4) is 0 Å². The number of carbonyl (C=O) groups is 1. The summed E-state index contributed by atoms with van der Waals surface area (Å²) in [4.78, 5) is 13.2. The number of nitrogens with zero attached hydrogens (tertiary/aromatic N) is 3. The van der Waals surface area contributed by atoms with E-state index in [-0.39, 0.29) is 21.8 Å². The predicted molar refractivity (Wildman–Crippen MR) is 132 cm³/mol. The summed E-state index contributed by atoms with van der Waals surface area (Å²) < 4.78 is 27.5. The Morgan fingerprint density at radius 3 is 2.21 bits per heavy atom. The van der Waals surface area contributed by atoms with Gasteiger partial charge in [0.15, 0.2) is 15.0 Å². The predicted octanol–water partition coefficient (Wildman–Crippen LogP) is 4.71. The molecule has 9 heteroatoms. The van der Waals surface area contributed by atoms with Gasteiger partial charge in [0.2, 0.25) is 5.91 Å². The highest BCUT2D eigenvalue weighted by Crippen LogP contribution is 2.27. The number of sulfone groups is 1. The molecular formula is C24H30N4O3S2. The standard InChI is InChI=1S/C24H30N4O3S2/c1-6-21(23(29)25-19-13-17(4)12-18(5)14-19)32-24-27-26-22(28(24)7-2)15-33(30,31)20-10-8-16(3)9-11-20/h8-14,21H,6-7,15H2,1-5H3,(H,25,29). The largest absolute Gasteiger partial charge is 0.325 e. The van der Waals surface area contributed by atoms with Crippen molar-refractivity contribution < 1.29 is 13.2 Å². The molecule has 0 aliphatic carbocycles. The minimum absolute atomic E-state index is 0.119. The number of hydrogen-bond donors (Lipinski definition) is 1. The van der Waals surface area contributed by atoms with E-state index in [0.717, 1.165) is 22.4 Å². The highest BCUT2D eigenvalue weighted by atomic mass is 32.2. The minimum Gasteiger partial charge on any atom is -0.325 e. The minimum atomic E-state index is -3.56. The number of rotatable bonds is 9. The lowest BCUT2D eigenvalue weighted by Gasteiger charge is -2.16. The number of carbonyl (C=O) groups excluding carboxylic acids is 1. The summed E-state index contributed by atoms with van der Waals surface area (Å²) in [6.45, 7) is 10.2. The Balaban J connectivity index is 1.77. The number of benzene rings is 2. The smallest absolute Gasteiger partial charge is 0.237 e. The van der Waals surface area contributed by atoms with Crippen LogP contribution in [0.1, 0.15) is 42.8 Å². The van der Waals surface area contributed by atoms with Crippen LogP contribution >= 0.6 is 11.8 Å². The molecule has 0 saturated carbocycles. The lowest BCUT2D eigenvalue weighted by atomic mass is 10.1. The summed E-state index contributed by atoms with van der Waals surface area (Å²) in [5, 5.41) is 11.5. The average Bonchev–Trinajstić information content (AvgIpc) is 3.11. The Bertz CT molecular complexity index is 1210. The fourth-order valence-corrected chi connectivity index (χ4v) is 5.86. The Hall–Kier alpha value is -2.65. The van der Waals surface area contributed by atoms with Gasteiger partial charge in [-0.15, -0.1) is 10.2 Å². The van der Waals surface area contributed by atoms with E-state index in [2.05, 4.69) is 21.6 Å². The summed E-state index contributed by atoms with van der Waals surface area (Å²) >= 11 is 1.30. The van der Waals surface area contributed by atoms with Crippen LogP contribution in [0.15, 0.2) is 52.5 Å². The van der Waals surface area contributed by atoms with E-state index < -0.39 is 9.84 Å². The summed E-state index contributed by atoms with van der Waals surface area (Å²) in [6.07, 6.45) is 0.592. The molecular weight excluding hydrogens is 456 g/mol. The van der Waals surface area contributed by atoms with Crippen molar-refractivity contribution in [3.8, 4) is 0 Å². The Kier molecular flexibility index (Phi) is 7.97. The first-order valence-electron chi connectivity index (χ1n) is 10.9. The van der Waals surface area contributed by atoms with Crippen LogP contribution in [0.5, 0.6) is 0 Å². The first kappa shape index (κ1) is 25.0. The quantitative estimate of drug-likeness (QED) is 0.440. The maximum atomic E-state index is 12.9. The highest BCUT2D eigenvalue weighted by Gasteiger charge is 2.25. The van der Waals surface area contributed by atoms with Crippen LogP contribution < -0.4 is 5.32 Å². The van der Waals surface area contributed by atoms with Gasteiger partial charge >= 0.3 is 0 Å². The van der Waals surface area contributed by atoms with E-state index in [1.54, 1.807) is 28.8 Å². The molecule has 0 bridgehead atoms. The molecule has 1 atom stereocenters. The normalized spacial score (nSPS) is 12.5. The van der Waals surface area contributed by atoms with Gasteiger partial charge in [0.05, 0.1) is 10.1 Å². The molecule has 1 aromatic heterocycles. The molecule has 0 aliphatic heterocycles. The lowest BCUT2D eigenvalue weighted by molar-refractivity contribution is -0.115. The first-order chi connectivity index (χ1) is 15.6. The molecule has 3 aromatic rings. The van der Waals surface area contributed by atoms with Gasteiger partial charge in [0.1, 0.15) is 11.6 Å². The van der Waals surface area contributed by atoms with Crippen molar-refractivity contribution in [3.63, 3.8) is 0 Å². The molecule has 176 valence electrons. The van der Waals surface area contributed by atoms with Crippen LogP contribution in [0.4, 0.5) is 5.69 Å². The molecule has 1 heterocycles. The second-order valence-corrected chi connectivity index (χ2v) is 11.3. The number of aryl methyl sites for hydroxylation is 3. The molecule has 33 heavy (non-hydrogen) atoms. The zero-order valence-corrected chi connectivity index (χ0v) is 21.3. The van der Waals surface area contributed by atoms with Gasteiger partial charge in [-0.1, -0.05) is 42.4 Å². The number of aromatic nitrogens is 3. The van der Waals surface area contributed by atoms with Gasteiger partial charge in [-0.2, -0.15) is 0 Å². The van der Waals surface area contributed by atoms with Crippen LogP contribution in [-0.2, 0) is 26.9 Å². The topological polar surface area (TPSA) is 93.9 Å². The number of nitrogens with one attached hydrogen (secondary N) is 1. The third kappa shape index (κ3) is 6.23. The molecule has 1 amide bonds. The van der Waals surface area contributed by atoms with Crippen molar-refractivity contribution in [1.29, 1.82) is 0 Å². The van der Waals surface area contributed by atoms with E-state index in [4.69, 9.17) is 0 Å². The van der Waals surface area contributed by atoms with Crippen LogP contribution in [-0.4, -0.2) is 34.3 Å². The van der Waals surface area contributed by atoms with Gasteiger partial charge in [-0.25, -0.2) is 8.42 Å².